The summed E-state index contributed by atoms with van der Waals surface area (Å²) in [7, 11) is 1.64. The summed E-state index contributed by atoms with van der Waals surface area (Å²) in [5, 5.41) is 2.92. The van der Waals surface area contributed by atoms with Crippen LogP contribution in [0.3, 0.4) is 0 Å². The molecule has 0 heterocycles. The summed E-state index contributed by atoms with van der Waals surface area (Å²) < 4.78 is 41.8. The number of Topliss-reactive ketones (excluding diaryl/α,β-unsaturated/α-hetero) is 1. The predicted octanol–water partition coefficient (Wildman–Crippen LogP) is 8.84. The number of benzene rings is 5. The number of hydrogen-bond donors (Lipinski definition) is 1. The number of ether oxygens (including phenoxy) is 2. The lowest BCUT2D eigenvalue weighted by Gasteiger charge is -2.26. The monoisotopic (exact) mass is 766 g/mol. The molecule has 0 aliphatic carbocycles. The van der Waals surface area contributed by atoms with E-state index in [2.05, 4.69) is 5.32 Å². The van der Waals surface area contributed by atoms with E-state index >= 15 is 8.78 Å². The molecule has 5 rings (SSSR count). The number of rotatable bonds is 15. The molecule has 5 aromatic rings. The summed E-state index contributed by atoms with van der Waals surface area (Å²) in [6.07, 6.45) is -2.72. The molecule has 0 spiro atoms. The molecule has 8 nitrogen and oxygen atoms in total. The van der Waals surface area contributed by atoms with Gasteiger partial charge in [0, 0.05) is 37.4 Å². The van der Waals surface area contributed by atoms with Crippen LogP contribution >= 0.6 is 11.6 Å². The van der Waals surface area contributed by atoms with Crippen LogP contribution in [0.25, 0.3) is 0 Å². The minimum atomic E-state index is -3.60. The summed E-state index contributed by atoms with van der Waals surface area (Å²) in [4.78, 5) is 53.3. The third-order valence-corrected chi connectivity index (χ3v) is 9.29. The molecule has 284 valence electrons. The predicted molar refractivity (Wildman–Crippen MR) is 207 cm³/mol. The SMILES string of the molecule is Cc1ccc(N(C)C(=O)c2ccc(CC(=O)Cc3ccc(C(F)(F)[C@H](C)OC(=O)[C@H](Cc4ccccc4)NC(=O)OCc4ccccc4)cc3)cc2)c(Cl)c1. The Morgan fingerprint density at radius 2 is 1.33 bits per heavy atom. The number of ketones is 1. The summed E-state index contributed by atoms with van der Waals surface area (Å²) in [5.74, 6) is -5.05. The highest BCUT2D eigenvalue weighted by Crippen LogP contribution is 2.34. The van der Waals surface area contributed by atoms with Crippen LogP contribution in [0.1, 0.15) is 50.7 Å². The zero-order valence-corrected chi connectivity index (χ0v) is 31.4. The van der Waals surface area contributed by atoms with Crippen LogP contribution in [0.5, 0.6) is 0 Å². The molecule has 11 heteroatoms. The van der Waals surface area contributed by atoms with Gasteiger partial charge in [0.1, 0.15) is 18.4 Å². The molecule has 0 bridgehead atoms. The number of alkyl halides is 2. The number of halogens is 3. The van der Waals surface area contributed by atoms with Gasteiger partial charge in [-0.2, -0.15) is 8.78 Å². The number of alkyl carbamates (subject to hydrolysis) is 1. The van der Waals surface area contributed by atoms with Crippen LogP contribution in [0, 0.1) is 6.92 Å². The maximum atomic E-state index is 15.6. The summed E-state index contributed by atoms with van der Waals surface area (Å²) in [6, 6.07) is 33.8. The fourth-order valence-electron chi connectivity index (χ4n) is 5.83. The number of esters is 1. The third-order valence-electron chi connectivity index (χ3n) is 8.99. The highest BCUT2D eigenvalue weighted by molar-refractivity contribution is 6.34. The van der Waals surface area contributed by atoms with Gasteiger partial charge in [0.05, 0.1) is 10.7 Å². The molecular weight excluding hydrogens is 726 g/mol. The highest BCUT2D eigenvalue weighted by atomic mass is 35.5. The maximum Gasteiger partial charge on any atom is 0.408 e. The number of carbonyl (C=O) groups excluding carboxylic acids is 4. The number of carbonyl (C=O) groups is 4. The van der Waals surface area contributed by atoms with Crippen LogP contribution in [0.15, 0.2) is 127 Å². The zero-order valence-electron chi connectivity index (χ0n) is 30.6. The van der Waals surface area contributed by atoms with Crippen molar-refractivity contribution in [2.75, 3.05) is 11.9 Å². The number of nitrogens with zero attached hydrogens (tertiary/aromatic N) is 1. The van der Waals surface area contributed by atoms with E-state index < -0.39 is 35.7 Å². The van der Waals surface area contributed by atoms with E-state index in [9.17, 15) is 19.2 Å². The molecule has 0 aromatic heterocycles. The van der Waals surface area contributed by atoms with Crippen molar-refractivity contribution in [2.24, 2.45) is 0 Å². The Hall–Kier alpha value is -5.87. The van der Waals surface area contributed by atoms with Crippen molar-refractivity contribution in [2.45, 2.75) is 57.8 Å². The second-order valence-corrected chi connectivity index (χ2v) is 13.7. The van der Waals surface area contributed by atoms with E-state index in [0.717, 1.165) is 18.1 Å². The van der Waals surface area contributed by atoms with E-state index in [-0.39, 0.29) is 37.6 Å². The van der Waals surface area contributed by atoms with Gasteiger partial charge >= 0.3 is 18.0 Å². The molecule has 0 aliphatic heterocycles. The van der Waals surface area contributed by atoms with Gasteiger partial charge < -0.3 is 19.7 Å². The number of hydrogen-bond acceptors (Lipinski definition) is 6. The van der Waals surface area contributed by atoms with Crippen molar-refractivity contribution >= 4 is 41.0 Å². The molecule has 5 aromatic carbocycles. The Kier molecular flexibility index (Phi) is 13.5. The zero-order chi connectivity index (χ0) is 39.5. The van der Waals surface area contributed by atoms with Crippen LogP contribution in [-0.4, -0.2) is 42.9 Å². The van der Waals surface area contributed by atoms with Crippen LogP contribution in [-0.2, 0) is 50.9 Å². The fraction of sp³-hybridized carbons (Fsp3) is 0.227. The van der Waals surface area contributed by atoms with Gasteiger partial charge in [-0.15, -0.1) is 0 Å². The Morgan fingerprint density at radius 3 is 1.91 bits per heavy atom. The molecule has 0 radical (unpaired) electrons. The third kappa shape index (κ3) is 11.1. The molecule has 0 saturated carbocycles. The van der Waals surface area contributed by atoms with Gasteiger partial charge in [0.2, 0.25) is 0 Å². The highest BCUT2D eigenvalue weighted by Gasteiger charge is 2.42. The molecule has 0 saturated heterocycles. The standard InChI is InChI=1S/C44H41ClF2N2O6/c1-29-14-23-40(38(45)24-29)49(3)41(51)35-19-15-32(16-20-35)25-37(50)26-33-17-21-36(22-18-33)44(46,47)30(2)55-42(52)39(27-31-10-6-4-7-11-31)48-43(53)54-28-34-12-8-5-9-13-34/h4-24,30,39H,25-28H2,1-3H3,(H,48,53)/t30-,39-/m0/s1. The summed E-state index contributed by atoms with van der Waals surface area (Å²) >= 11 is 6.34. The first-order chi connectivity index (χ1) is 26.3. The number of amides is 2. The van der Waals surface area contributed by atoms with Gasteiger partial charge in [0.25, 0.3) is 5.91 Å². The van der Waals surface area contributed by atoms with Gasteiger partial charge in [-0.05, 0) is 65.9 Å². The van der Waals surface area contributed by atoms with Crippen molar-refractivity contribution in [3.63, 3.8) is 0 Å². The normalized spacial score (nSPS) is 12.3. The van der Waals surface area contributed by atoms with Crippen LogP contribution < -0.4 is 10.2 Å². The van der Waals surface area contributed by atoms with Gasteiger partial charge in [-0.3, -0.25) is 9.59 Å². The topological polar surface area (TPSA) is 102 Å². The maximum absolute atomic E-state index is 15.6. The van der Waals surface area contributed by atoms with Gasteiger partial charge in [0.15, 0.2) is 6.10 Å². The van der Waals surface area contributed by atoms with E-state index in [4.69, 9.17) is 21.1 Å². The number of nitrogens with one attached hydrogen (secondary N) is 1. The molecular formula is C44H41ClF2N2O6. The van der Waals surface area contributed by atoms with Crippen molar-refractivity contribution in [1.29, 1.82) is 0 Å². The van der Waals surface area contributed by atoms with E-state index in [1.54, 1.807) is 98.0 Å². The second-order valence-electron chi connectivity index (χ2n) is 13.3. The molecule has 2 amide bonds. The fourth-order valence-corrected chi connectivity index (χ4v) is 6.19. The second kappa shape index (κ2) is 18.4. The summed E-state index contributed by atoms with van der Waals surface area (Å²) in [6.45, 7) is 2.94. The Bertz CT molecular complexity index is 2100. The smallest absolute Gasteiger partial charge is 0.408 e. The summed E-state index contributed by atoms with van der Waals surface area (Å²) in [5.41, 5.74) is 4.21. The lowest BCUT2D eigenvalue weighted by molar-refractivity contribution is -0.175. The lowest BCUT2D eigenvalue weighted by atomic mass is 9.98. The minimum Gasteiger partial charge on any atom is -0.454 e. The first kappa shape index (κ1) is 40.3. The van der Waals surface area contributed by atoms with E-state index in [0.29, 0.717) is 33.0 Å². The molecule has 0 unspecified atom stereocenters. The largest absolute Gasteiger partial charge is 0.454 e. The first-order valence-electron chi connectivity index (χ1n) is 17.6. The Balaban J connectivity index is 1.16. The Labute approximate surface area is 324 Å². The molecule has 55 heavy (non-hydrogen) atoms. The van der Waals surface area contributed by atoms with Gasteiger partial charge in [-0.25, -0.2) is 9.59 Å². The number of aryl methyl sites for hydroxylation is 1. The van der Waals surface area contributed by atoms with Crippen LogP contribution in [0.4, 0.5) is 19.3 Å². The molecule has 0 fully saturated rings. The quantitative estimate of drug-likeness (QED) is 0.107. The minimum absolute atomic E-state index is 0.00105. The average Bonchev–Trinajstić information content (AvgIpc) is 3.17. The molecule has 2 atom stereocenters. The lowest BCUT2D eigenvalue weighted by Crippen LogP contribution is -2.46. The van der Waals surface area contributed by atoms with E-state index in [1.165, 1.54) is 29.2 Å². The van der Waals surface area contributed by atoms with Crippen molar-refractivity contribution < 1.29 is 37.4 Å². The van der Waals surface area contributed by atoms with Crippen molar-refractivity contribution in [3.8, 4) is 0 Å². The number of anilines is 1. The van der Waals surface area contributed by atoms with Gasteiger partial charge in [-0.1, -0.05) is 115 Å². The molecule has 1 N–H and O–H groups in total. The van der Waals surface area contributed by atoms with Crippen molar-refractivity contribution in [3.05, 3.63) is 171 Å². The molecule has 0 aliphatic rings. The van der Waals surface area contributed by atoms with E-state index in [1.807, 2.05) is 19.1 Å². The first-order valence-corrected chi connectivity index (χ1v) is 18.0. The van der Waals surface area contributed by atoms with Crippen LogP contribution in [0.2, 0.25) is 5.02 Å². The average molecular weight is 767 g/mol. The van der Waals surface area contributed by atoms with Crippen molar-refractivity contribution in [1.82, 2.24) is 5.32 Å². The Morgan fingerprint density at radius 1 is 0.764 bits per heavy atom.